The number of pyridine rings is 1. The monoisotopic (exact) mass is 422 g/mol. The van der Waals surface area contributed by atoms with E-state index < -0.39 is 6.10 Å². The van der Waals surface area contributed by atoms with Crippen LogP contribution in [0.15, 0.2) is 48.5 Å². The molecule has 3 fully saturated rings. The Hall–Kier alpha value is -2.14. The smallest absolute Gasteiger partial charge is 0.116 e. The van der Waals surface area contributed by atoms with Crippen LogP contribution in [0.3, 0.4) is 0 Å². The van der Waals surface area contributed by atoms with Crippen molar-refractivity contribution in [1.29, 1.82) is 0 Å². The van der Waals surface area contributed by atoms with Gasteiger partial charge in [-0.15, -0.1) is 0 Å². The summed E-state index contributed by atoms with van der Waals surface area (Å²) in [5, 5.41) is 23.2. The van der Waals surface area contributed by atoms with Crippen LogP contribution in [0.1, 0.15) is 37.9 Å². The van der Waals surface area contributed by atoms with Crippen LogP contribution in [0.2, 0.25) is 5.02 Å². The molecule has 0 spiro atoms. The number of hydrogen-bond acceptors (Lipinski definition) is 4. The summed E-state index contributed by atoms with van der Waals surface area (Å²) in [6, 6.07) is 14.9. The largest absolute Gasteiger partial charge is 0.508 e. The van der Waals surface area contributed by atoms with E-state index in [0.717, 1.165) is 53.2 Å². The van der Waals surface area contributed by atoms with Crippen molar-refractivity contribution >= 4 is 22.5 Å². The molecule has 5 unspecified atom stereocenters. The molecule has 156 valence electrons. The van der Waals surface area contributed by atoms with Crippen LogP contribution in [0.25, 0.3) is 22.2 Å². The van der Waals surface area contributed by atoms with Crippen LogP contribution in [0.4, 0.5) is 0 Å². The Morgan fingerprint density at radius 3 is 2.67 bits per heavy atom. The van der Waals surface area contributed by atoms with Gasteiger partial charge in [-0.25, -0.2) is 4.98 Å². The minimum absolute atomic E-state index is 0.109. The molecule has 0 radical (unpaired) electrons. The van der Waals surface area contributed by atoms with Gasteiger partial charge in [0.05, 0.1) is 17.3 Å². The lowest BCUT2D eigenvalue weighted by Gasteiger charge is -2.51. The number of phenols is 1. The van der Waals surface area contributed by atoms with Crippen molar-refractivity contribution in [3.05, 3.63) is 59.1 Å². The molecule has 4 heterocycles. The summed E-state index contributed by atoms with van der Waals surface area (Å²) < 4.78 is 0. The second-order valence-electron chi connectivity index (χ2n) is 8.76. The first-order chi connectivity index (χ1) is 14.5. The maximum atomic E-state index is 11.6. The van der Waals surface area contributed by atoms with Gasteiger partial charge in [0.1, 0.15) is 5.75 Å². The number of rotatable bonds is 4. The highest BCUT2D eigenvalue weighted by molar-refractivity contribution is 6.30. The number of halogens is 1. The summed E-state index contributed by atoms with van der Waals surface area (Å²) in [7, 11) is 0. The molecule has 1 aromatic heterocycles. The molecule has 30 heavy (non-hydrogen) atoms. The molecule has 6 rings (SSSR count). The summed E-state index contributed by atoms with van der Waals surface area (Å²) in [6.45, 7) is 4.40. The number of fused-ring (bicyclic) bond motifs is 4. The van der Waals surface area contributed by atoms with E-state index in [-0.39, 0.29) is 11.8 Å². The topological polar surface area (TPSA) is 56.6 Å². The van der Waals surface area contributed by atoms with Gasteiger partial charge in [0, 0.05) is 28.6 Å². The van der Waals surface area contributed by atoms with E-state index in [1.807, 2.05) is 36.4 Å². The van der Waals surface area contributed by atoms with Gasteiger partial charge in [0.2, 0.25) is 0 Å². The van der Waals surface area contributed by atoms with E-state index in [1.54, 1.807) is 12.1 Å². The summed E-state index contributed by atoms with van der Waals surface area (Å²) >= 11 is 6.06. The lowest BCUT2D eigenvalue weighted by molar-refractivity contribution is -0.0562. The number of aromatic hydroxyl groups is 1. The number of aliphatic hydroxyl groups excluding tert-OH is 1. The van der Waals surface area contributed by atoms with Crippen LogP contribution in [-0.2, 0) is 0 Å². The van der Waals surface area contributed by atoms with Crippen molar-refractivity contribution in [1.82, 2.24) is 9.88 Å². The Labute approximate surface area is 182 Å². The van der Waals surface area contributed by atoms with Crippen LogP contribution in [0, 0.1) is 11.8 Å². The fourth-order valence-corrected chi connectivity index (χ4v) is 5.56. The Bertz CT molecular complexity index is 1070. The van der Waals surface area contributed by atoms with Gasteiger partial charge in [-0.2, -0.15) is 0 Å². The van der Waals surface area contributed by atoms with Crippen LogP contribution in [-0.4, -0.2) is 39.2 Å². The third-order valence-electron chi connectivity index (χ3n) is 7.11. The quantitative estimate of drug-likeness (QED) is 0.589. The first-order valence-electron chi connectivity index (χ1n) is 10.8. The fraction of sp³-hybridized carbons (Fsp3) is 0.400. The van der Waals surface area contributed by atoms with Gasteiger partial charge in [-0.1, -0.05) is 37.1 Å². The van der Waals surface area contributed by atoms with E-state index in [0.29, 0.717) is 10.9 Å². The predicted molar refractivity (Wildman–Crippen MR) is 121 cm³/mol. The number of nitrogens with zero attached hydrogens (tertiary/aromatic N) is 2. The molecule has 2 aromatic carbocycles. The minimum atomic E-state index is -0.621. The number of piperidine rings is 3. The van der Waals surface area contributed by atoms with E-state index >= 15 is 0 Å². The van der Waals surface area contributed by atoms with Crippen molar-refractivity contribution in [2.45, 2.75) is 38.3 Å². The van der Waals surface area contributed by atoms with Crippen LogP contribution in [0.5, 0.6) is 5.75 Å². The third-order valence-corrected chi connectivity index (χ3v) is 7.36. The van der Waals surface area contributed by atoms with Gasteiger partial charge < -0.3 is 10.2 Å². The van der Waals surface area contributed by atoms with Crippen LogP contribution < -0.4 is 0 Å². The van der Waals surface area contributed by atoms with E-state index in [1.165, 1.54) is 12.8 Å². The summed E-state index contributed by atoms with van der Waals surface area (Å²) in [5.41, 5.74) is 3.38. The molecule has 3 aliphatic rings. The second-order valence-corrected chi connectivity index (χ2v) is 9.20. The Morgan fingerprint density at radius 1 is 1.17 bits per heavy atom. The maximum absolute atomic E-state index is 11.6. The zero-order chi connectivity index (χ0) is 20.8. The van der Waals surface area contributed by atoms with Crippen molar-refractivity contribution < 1.29 is 10.2 Å². The van der Waals surface area contributed by atoms with Crippen LogP contribution >= 0.6 is 11.6 Å². The molecule has 5 atom stereocenters. The normalized spacial score (nSPS) is 26.8. The lowest BCUT2D eigenvalue weighted by Crippen LogP contribution is -2.55. The van der Waals surface area contributed by atoms with Crippen molar-refractivity contribution in [3.63, 3.8) is 0 Å². The van der Waals surface area contributed by atoms with Gasteiger partial charge >= 0.3 is 0 Å². The van der Waals surface area contributed by atoms with Gasteiger partial charge in [-0.05, 0) is 73.2 Å². The van der Waals surface area contributed by atoms with Gasteiger partial charge in [0.25, 0.3) is 0 Å². The highest BCUT2D eigenvalue weighted by Gasteiger charge is 2.42. The number of phenolic OH excluding ortho intramolecular Hbond substituents is 1. The number of aliphatic hydroxyl groups is 1. The molecule has 0 saturated carbocycles. The Morgan fingerprint density at radius 2 is 1.97 bits per heavy atom. The summed E-state index contributed by atoms with van der Waals surface area (Å²) in [4.78, 5) is 7.27. The number of hydrogen-bond donors (Lipinski definition) is 2. The Balaban J connectivity index is 1.58. The molecule has 4 nitrogen and oxygen atoms in total. The molecular weight excluding hydrogens is 396 g/mol. The first kappa shape index (κ1) is 19.8. The zero-order valence-electron chi connectivity index (χ0n) is 17.1. The fourth-order valence-electron chi connectivity index (χ4n) is 5.43. The van der Waals surface area contributed by atoms with Gasteiger partial charge in [0.15, 0.2) is 0 Å². The predicted octanol–water partition coefficient (Wildman–Crippen LogP) is 5.41. The Kier molecular flexibility index (Phi) is 5.18. The molecule has 5 heteroatoms. The summed E-state index contributed by atoms with van der Waals surface area (Å²) in [5.74, 6) is 1.62. The summed E-state index contributed by atoms with van der Waals surface area (Å²) in [6.07, 6.45) is 2.84. The van der Waals surface area contributed by atoms with Crippen molar-refractivity contribution in [3.8, 4) is 17.0 Å². The molecule has 2 bridgehead atoms. The third kappa shape index (κ3) is 3.47. The van der Waals surface area contributed by atoms with Crippen molar-refractivity contribution in [2.75, 3.05) is 13.1 Å². The van der Waals surface area contributed by atoms with Crippen molar-refractivity contribution in [2.24, 2.45) is 11.8 Å². The van der Waals surface area contributed by atoms with E-state index in [9.17, 15) is 10.2 Å². The van der Waals surface area contributed by atoms with Gasteiger partial charge in [-0.3, -0.25) is 4.90 Å². The molecule has 0 aliphatic carbocycles. The maximum Gasteiger partial charge on any atom is 0.116 e. The average Bonchev–Trinajstić information content (AvgIpc) is 2.78. The first-order valence-corrected chi connectivity index (χ1v) is 11.2. The molecule has 0 amide bonds. The minimum Gasteiger partial charge on any atom is -0.508 e. The zero-order valence-corrected chi connectivity index (χ0v) is 17.9. The lowest BCUT2D eigenvalue weighted by atomic mass is 9.72. The second kappa shape index (κ2) is 7.84. The molecule has 3 aliphatic heterocycles. The SMILES string of the molecule is CCC1CN2CCC1CC2C(O)c1cc(-c2ccc(Cl)cc2)nc2ccc(O)cc12. The molecule has 3 saturated heterocycles. The highest BCUT2D eigenvalue weighted by Crippen LogP contribution is 2.43. The highest BCUT2D eigenvalue weighted by atomic mass is 35.5. The van der Waals surface area contributed by atoms with E-state index in [4.69, 9.17) is 16.6 Å². The molecule has 3 aromatic rings. The standard InChI is InChI=1S/C25H27ClN2O2/c1-2-15-14-28-10-9-17(15)11-24(28)25(30)21-13-23(16-3-5-18(26)6-4-16)27-22-8-7-19(29)12-20(21)22/h3-8,12-13,15,17,24-25,29-30H,2,9-11,14H2,1H3. The number of benzene rings is 2. The molecular formula is C25H27ClN2O2. The molecule has 2 N–H and O–H groups in total. The van der Waals surface area contributed by atoms with E-state index in [2.05, 4.69) is 11.8 Å². The average molecular weight is 423 g/mol. The number of aromatic nitrogens is 1.